The maximum Gasteiger partial charge on any atom is 0.102 e. The topological polar surface area (TPSA) is 97.6 Å². The van der Waals surface area contributed by atoms with E-state index in [1.165, 1.54) is 0 Å². The zero-order valence-corrected chi connectivity index (χ0v) is 7.67. The van der Waals surface area contributed by atoms with Gasteiger partial charge in [0.05, 0.1) is 11.4 Å². The molecule has 0 spiro atoms. The molecule has 0 unspecified atom stereocenters. The zero-order chi connectivity index (χ0) is 10.6. The minimum absolute atomic E-state index is 0.00591. The lowest BCUT2D eigenvalue weighted by Crippen LogP contribution is -2.28. The Morgan fingerprint density at radius 2 is 1.64 bits per heavy atom. The minimum Gasteiger partial charge on any atom is -0.325 e. The lowest BCUT2D eigenvalue weighted by Gasteiger charge is -2.05. The Morgan fingerprint density at radius 1 is 1.07 bits per heavy atom. The molecule has 0 aliphatic heterocycles. The van der Waals surface area contributed by atoms with E-state index in [0.29, 0.717) is 5.56 Å². The van der Waals surface area contributed by atoms with E-state index < -0.39 is 0 Å². The number of nitrogens with one attached hydrogen (secondary N) is 3. The quantitative estimate of drug-likeness (QED) is 0.522. The Bertz CT molecular complexity index is 367. The van der Waals surface area contributed by atoms with Gasteiger partial charge in [-0.15, -0.1) is 0 Å². The maximum absolute atomic E-state index is 7.65. The summed E-state index contributed by atoms with van der Waals surface area (Å²) in [5.74, 6) is 0. The lowest BCUT2D eigenvalue weighted by molar-refractivity contribution is 1.28. The Labute approximate surface area is 82.3 Å². The second-order valence-electron chi connectivity index (χ2n) is 2.80. The van der Waals surface area contributed by atoms with Crippen LogP contribution in [0.25, 0.3) is 0 Å². The summed E-state index contributed by atoms with van der Waals surface area (Å²) in [5.41, 5.74) is 5.78. The second-order valence-corrected chi connectivity index (χ2v) is 2.80. The molecule has 0 saturated carbocycles. The van der Waals surface area contributed by atoms with Gasteiger partial charge in [0, 0.05) is 12.1 Å². The van der Waals surface area contributed by atoms with Crippen LogP contribution in [0, 0.1) is 16.2 Å². The van der Waals surface area contributed by atoms with Crippen molar-refractivity contribution in [2.24, 2.45) is 5.73 Å². The highest BCUT2D eigenvalue weighted by molar-refractivity contribution is 6.69. The summed E-state index contributed by atoms with van der Waals surface area (Å²) >= 11 is 0. The van der Waals surface area contributed by atoms with Crippen LogP contribution < -0.4 is 5.73 Å². The summed E-state index contributed by atoms with van der Waals surface area (Å²) in [6.45, 7) is -0.00591. The van der Waals surface area contributed by atoms with Crippen molar-refractivity contribution >= 4 is 17.1 Å². The fourth-order valence-electron chi connectivity index (χ4n) is 1.00. The summed E-state index contributed by atoms with van der Waals surface area (Å²) in [7, 11) is 0. The molecule has 4 nitrogen and oxygen atoms in total. The Hall–Kier alpha value is -1.81. The van der Waals surface area contributed by atoms with Gasteiger partial charge < -0.3 is 11.1 Å². The molecule has 14 heavy (non-hydrogen) atoms. The van der Waals surface area contributed by atoms with E-state index in [2.05, 4.69) is 0 Å². The molecule has 0 aliphatic rings. The van der Waals surface area contributed by atoms with Crippen LogP contribution in [0.2, 0.25) is 0 Å². The summed E-state index contributed by atoms with van der Waals surface area (Å²) in [6.07, 6.45) is 0. The molecule has 0 amide bonds. The van der Waals surface area contributed by atoms with Gasteiger partial charge in [0.1, 0.15) is 5.71 Å². The molecular formula is C10H12N4. The summed E-state index contributed by atoms with van der Waals surface area (Å²) < 4.78 is 0. The van der Waals surface area contributed by atoms with Crippen LogP contribution in [0.3, 0.4) is 0 Å². The number of rotatable bonds is 4. The van der Waals surface area contributed by atoms with Gasteiger partial charge in [0.2, 0.25) is 0 Å². The fourth-order valence-corrected chi connectivity index (χ4v) is 1.00. The SMILES string of the molecule is N=C(CN)C(=N)C(=N)c1ccccc1. The Kier molecular flexibility index (Phi) is 3.25. The van der Waals surface area contributed by atoms with Gasteiger partial charge in [0.15, 0.2) is 0 Å². The van der Waals surface area contributed by atoms with Gasteiger partial charge in [-0.25, -0.2) is 0 Å². The number of benzene rings is 1. The van der Waals surface area contributed by atoms with Crippen molar-refractivity contribution in [3.8, 4) is 0 Å². The van der Waals surface area contributed by atoms with E-state index in [1.807, 2.05) is 6.07 Å². The van der Waals surface area contributed by atoms with E-state index in [0.717, 1.165) is 0 Å². The molecule has 0 saturated heterocycles. The predicted octanol–water partition coefficient (Wildman–Crippen LogP) is 1.05. The van der Waals surface area contributed by atoms with Crippen molar-refractivity contribution in [1.82, 2.24) is 0 Å². The van der Waals surface area contributed by atoms with E-state index >= 15 is 0 Å². The van der Waals surface area contributed by atoms with Crippen molar-refractivity contribution in [2.75, 3.05) is 6.54 Å². The van der Waals surface area contributed by atoms with Crippen LogP contribution in [-0.4, -0.2) is 23.7 Å². The molecule has 0 fully saturated rings. The van der Waals surface area contributed by atoms with Crippen molar-refractivity contribution in [1.29, 1.82) is 16.2 Å². The normalized spacial score (nSPS) is 9.50. The van der Waals surface area contributed by atoms with E-state index in [1.54, 1.807) is 24.3 Å². The van der Waals surface area contributed by atoms with Gasteiger partial charge >= 0.3 is 0 Å². The smallest absolute Gasteiger partial charge is 0.102 e. The third-order valence-corrected chi connectivity index (χ3v) is 1.82. The molecule has 4 heteroatoms. The first-order valence-electron chi connectivity index (χ1n) is 4.17. The molecule has 1 rings (SSSR count). The van der Waals surface area contributed by atoms with Crippen molar-refractivity contribution < 1.29 is 0 Å². The van der Waals surface area contributed by atoms with Crippen LogP contribution in [0.4, 0.5) is 0 Å². The number of hydrogen-bond acceptors (Lipinski definition) is 4. The van der Waals surface area contributed by atoms with Gasteiger partial charge in [-0.1, -0.05) is 30.3 Å². The second kappa shape index (κ2) is 4.43. The predicted molar refractivity (Wildman–Crippen MR) is 57.8 cm³/mol. The molecule has 0 aliphatic carbocycles. The maximum atomic E-state index is 7.65. The lowest BCUT2D eigenvalue weighted by atomic mass is 10.0. The number of hydrogen-bond donors (Lipinski definition) is 4. The van der Waals surface area contributed by atoms with Gasteiger partial charge in [-0.3, -0.25) is 10.8 Å². The largest absolute Gasteiger partial charge is 0.325 e. The van der Waals surface area contributed by atoms with E-state index in [-0.39, 0.29) is 23.7 Å². The van der Waals surface area contributed by atoms with E-state index in [4.69, 9.17) is 22.0 Å². The summed E-state index contributed by atoms with van der Waals surface area (Å²) in [6, 6.07) is 8.91. The highest BCUT2D eigenvalue weighted by Gasteiger charge is 2.10. The average Bonchev–Trinajstić information content (AvgIpc) is 2.27. The van der Waals surface area contributed by atoms with Crippen molar-refractivity contribution in [3.05, 3.63) is 35.9 Å². The van der Waals surface area contributed by atoms with Crippen molar-refractivity contribution in [2.45, 2.75) is 0 Å². The molecule has 0 atom stereocenters. The molecule has 0 radical (unpaired) electrons. The van der Waals surface area contributed by atoms with Crippen LogP contribution in [0.5, 0.6) is 0 Å². The molecule has 0 aromatic heterocycles. The van der Waals surface area contributed by atoms with Crippen LogP contribution in [0.1, 0.15) is 5.56 Å². The first kappa shape index (κ1) is 10.3. The van der Waals surface area contributed by atoms with E-state index in [9.17, 15) is 0 Å². The first-order chi connectivity index (χ1) is 6.66. The van der Waals surface area contributed by atoms with Crippen LogP contribution in [-0.2, 0) is 0 Å². The van der Waals surface area contributed by atoms with Gasteiger partial charge in [-0.2, -0.15) is 0 Å². The Morgan fingerprint density at radius 3 is 2.14 bits per heavy atom. The molecule has 0 bridgehead atoms. The standard InChI is InChI=1S/C10H12N4/c11-6-8(12)10(14)9(13)7-4-2-1-3-5-7/h1-5,12-14H,6,11H2. The average molecular weight is 188 g/mol. The monoisotopic (exact) mass is 188 g/mol. The fraction of sp³-hybridized carbons (Fsp3) is 0.100. The summed E-state index contributed by atoms with van der Waals surface area (Å²) in [5, 5.41) is 22.5. The number of nitrogens with two attached hydrogens (primary N) is 1. The van der Waals surface area contributed by atoms with Crippen molar-refractivity contribution in [3.63, 3.8) is 0 Å². The van der Waals surface area contributed by atoms with Crippen LogP contribution >= 0.6 is 0 Å². The van der Waals surface area contributed by atoms with Gasteiger partial charge in [-0.05, 0) is 0 Å². The molecule has 5 N–H and O–H groups in total. The molecule has 72 valence electrons. The highest BCUT2D eigenvalue weighted by atomic mass is 14.6. The molecular weight excluding hydrogens is 176 g/mol. The first-order valence-corrected chi connectivity index (χ1v) is 4.17. The van der Waals surface area contributed by atoms with Gasteiger partial charge in [0.25, 0.3) is 0 Å². The third-order valence-electron chi connectivity index (χ3n) is 1.82. The summed E-state index contributed by atoms with van der Waals surface area (Å²) in [4.78, 5) is 0. The molecule has 1 aromatic rings. The zero-order valence-electron chi connectivity index (χ0n) is 7.67. The van der Waals surface area contributed by atoms with Crippen LogP contribution in [0.15, 0.2) is 30.3 Å². The minimum atomic E-state index is -0.112. The molecule has 0 heterocycles. The Balaban J connectivity index is 2.87. The third kappa shape index (κ3) is 2.11. The molecule has 1 aromatic carbocycles. The highest BCUT2D eigenvalue weighted by Crippen LogP contribution is 2.01.